The fraction of sp³-hybridized carbons (Fsp3) is 0.500. The van der Waals surface area contributed by atoms with Gasteiger partial charge in [0, 0.05) is 25.4 Å². The normalized spacial score (nSPS) is 10.2. The average molecular weight is 198 g/mol. The summed E-state index contributed by atoms with van der Waals surface area (Å²) in [4.78, 5) is 0. The van der Waals surface area contributed by atoms with Gasteiger partial charge in [-0.1, -0.05) is 0 Å². The van der Waals surface area contributed by atoms with Crippen molar-refractivity contribution in [2.75, 3.05) is 5.32 Å². The Morgan fingerprint density at radius 1 is 1.62 bits per heavy atom. The molecule has 0 aliphatic rings. The van der Waals surface area contributed by atoms with Crippen LogP contribution in [0.5, 0.6) is 0 Å². The molecule has 0 bridgehead atoms. The molecule has 2 N–H and O–H groups in total. The summed E-state index contributed by atoms with van der Waals surface area (Å²) in [5.41, 5.74) is 0. The van der Waals surface area contributed by atoms with E-state index in [0.717, 1.165) is 5.82 Å². The quantitative estimate of drug-likeness (QED) is 0.699. The highest BCUT2D eigenvalue weighted by Gasteiger charge is 2.00. The maximum absolute atomic E-state index is 5.05. The minimum atomic E-state index is 0.337. The average Bonchev–Trinajstić information content (AvgIpc) is 2.33. The summed E-state index contributed by atoms with van der Waals surface area (Å²) in [7, 11) is 1.87. The second kappa shape index (κ2) is 4.23. The van der Waals surface area contributed by atoms with Crippen LogP contribution >= 0.6 is 12.2 Å². The SMILES string of the molecule is CC(C)NC(=S)Nc1ccn(C)n1. The number of aromatic nitrogens is 2. The van der Waals surface area contributed by atoms with Gasteiger partial charge in [0.15, 0.2) is 10.9 Å². The lowest BCUT2D eigenvalue weighted by molar-refractivity contribution is 0.737. The highest BCUT2D eigenvalue weighted by atomic mass is 32.1. The largest absolute Gasteiger partial charge is 0.360 e. The van der Waals surface area contributed by atoms with E-state index in [1.807, 2.05) is 33.2 Å². The van der Waals surface area contributed by atoms with Crippen LogP contribution in [0.1, 0.15) is 13.8 Å². The van der Waals surface area contributed by atoms with Crippen LogP contribution in [0.3, 0.4) is 0 Å². The number of nitrogens with one attached hydrogen (secondary N) is 2. The van der Waals surface area contributed by atoms with Gasteiger partial charge < -0.3 is 10.6 Å². The van der Waals surface area contributed by atoms with E-state index in [-0.39, 0.29) is 0 Å². The Morgan fingerprint density at radius 2 is 2.31 bits per heavy atom. The molecule has 4 nitrogen and oxygen atoms in total. The molecule has 1 aromatic rings. The van der Waals surface area contributed by atoms with E-state index in [1.54, 1.807) is 4.68 Å². The summed E-state index contributed by atoms with van der Waals surface area (Å²) < 4.78 is 1.72. The predicted molar refractivity (Wildman–Crippen MR) is 57.7 cm³/mol. The van der Waals surface area contributed by atoms with Crippen molar-refractivity contribution >= 4 is 23.1 Å². The second-order valence-electron chi connectivity index (χ2n) is 3.13. The number of nitrogens with zero attached hydrogens (tertiary/aromatic N) is 2. The summed E-state index contributed by atoms with van der Waals surface area (Å²) in [6.07, 6.45) is 1.86. The van der Waals surface area contributed by atoms with E-state index >= 15 is 0 Å². The Bertz CT molecular complexity index is 292. The van der Waals surface area contributed by atoms with Gasteiger partial charge in [-0.15, -0.1) is 0 Å². The van der Waals surface area contributed by atoms with E-state index in [2.05, 4.69) is 15.7 Å². The molecule has 1 heterocycles. The van der Waals surface area contributed by atoms with Crippen LogP contribution in [0.25, 0.3) is 0 Å². The minimum Gasteiger partial charge on any atom is -0.360 e. The molecule has 0 amide bonds. The van der Waals surface area contributed by atoms with E-state index < -0.39 is 0 Å². The Kier molecular flexibility index (Phi) is 3.25. The number of thiocarbonyl (C=S) groups is 1. The molecule has 0 saturated heterocycles. The maximum Gasteiger partial charge on any atom is 0.172 e. The highest BCUT2D eigenvalue weighted by Crippen LogP contribution is 2.00. The third-order valence-corrected chi connectivity index (χ3v) is 1.59. The Balaban J connectivity index is 2.45. The Labute approximate surface area is 83.3 Å². The van der Waals surface area contributed by atoms with Gasteiger partial charge in [-0.05, 0) is 26.1 Å². The van der Waals surface area contributed by atoms with Crippen molar-refractivity contribution < 1.29 is 0 Å². The number of hydrogen-bond donors (Lipinski definition) is 2. The van der Waals surface area contributed by atoms with Crippen molar-refractivity contribution in [2.45, 2.75) is 19.9 Å². The molecular formula is C8H14N4S. The zero-order chi connectivity index (χ0) is 9.84. The number of hydrogen-bond acceptors (Lipinski definition) is 2. The van der Waals surface area contributed by atoms with Gasteiger partial charge in [0.25, 0.3) is 0 Å². The summed E-state index contributed by atoms with van der Waals surface area (Å²) in [6.45, 7) is 4.07. The fourth-order valence-electron chi connectivity index (χ4n) is 0.896. The van der Waals surface area contributed by atoms with Crippen molar-refractivity contribution in [3.8, 4) is 0 Å². The molecule has 0 radical (unpaired) electrons. The van der Waals surface area contributed by atoms with Crippen molar-refractivity contribution in [1.82, 2.24) is 15.1 Å². The van der Waals surface area contributed by atoms with Gasteiger partial charge in [-0.25, -0.2) is 0 Å². The van der Waals surface area contributed by atoms with Crippen LogP contribution in [0, 0.1) is 0 Å². The Morgan fingerprint density at radius 3 is 2.77 bits per heavy atom. The van der Waals surface area contributed by atoms with Crippen molar-refractivity contribution in [1.29, 1.82) is 0 Å². The first kappa shape index (κ1) is 9.98. The van der Waals surface area contributed by atoms with Crippen LogP contribution in [0.15, 0.2) is 12.3 Å². The molecule has 0 aromatic carbocycles. The van der Waals surface area contributed by atoms with E-state index in [0.29, 0.717) is 11.2 Å². The molecular weight excluding hydrogens is 184 g/mol. The third kappa shape index (κ3) is 3.42. The van der Waals surface area contributed by atoms with Crippen LogP contribution in [-0.4, -0.2) is 20.9 Å². The third-order valence-electron chi connectivity index (χ3n) is 1.37. The lowest BCUT2D eigenvalue weighted by Gasteiger charge is -2.10. The van der Waals surface area contributed by atoms with Crippen LogP contribution in [0.4, 0.5) is 5.82 Å². The lowest BCUT2D eigenvalue weighted by Crippen LogP contribution is -2.34. The van der Waals surface area contributed by atoms with Gasteiger partial charge in [0.1, 0.15) is 0 Å². The van der Waals surface area contributed by atoms with E-state index in [9.17, 15) is 0 Å². The summed E-state index contributed by atoms with van der Waals surface area (Å²) in [5.74, 6) is 0.764. The summed E-state index contributed by atoms with van der Waals surface area (Å²) in [5, 5.41) is 10.8. The standard InChI is InChI=1S/C8H14N4S/c1-6(2)9-8(13)10-7-4-5-12(3)11-7/h4-6H,1-3H3,(H2,9,10,11,13). The van der Waals surface area contributed by atoms with Crippen LogP contribution < -0.4 is 10.6 Å². The molecule has 0 aliphatic heterocycles. The van der Waals surface area contributed by atoms with E-state index in [1.165, 1.54) is 0 Å². The molecule has 0 unspecified atom stereocenters. The molecule has 1 rings (SSSR count). The molecule has 0 saturated carbocycles. The first-order chi connectivity index (χ1) is 6.08. The van der Waals surface area contributed by atoms with Crippen molar-refractivity contribution in [3.05, 3.63) is 12.3 Å². The molecule has 5 heteroatoms. The van der Waals surface area contributed by atoms with Gasteiger partial charge in [0.2, 0.25) is 0 Å². The number of aryl methyl sites for hydroxylation is 1. The van der Waals surface area contributed by atoms with Crippen LogP contribution in [-0.2, 0) is 7.05 Å². The van der Waals surface area contributed by atoms with Crippen molar-refractivity contribution in [3.63, 3.8) is 0 Å². The molecule has 0 aliphatic carbocycles. The first-order valence-corrected chi connectivity index (χ1v) is 4.56. The monoisotopic (exact) mass is 198 g/mol. The topological polar surface area (TPSA) is 41.9 Å². The molecule has 0 spiro atoms. The molecule has 72 valence electrons. The smallest absolute Gasteiger partial charge is 0.172 e. The molecule has 0 atom stereocenters. The number of rotatable bonds is 2. The Hall–Kier alpha value is -1.10. The summed E-state index contributed by atoms with van der Waals surface area (Å²) >= 11 is 5.05. The van der Waals surface area contributed by atoms with E-state index in [4.69, 9.17) is 12.2 Å². The van der Waals surface area contributed by atoms with Crippen molar-refractivity contribution in [2.24, 2.45) is 7.05 Å². The fourth-order valence-corrected chi connectivity index (χ4v) is 1.24. The van der Waals surface area contributed by atoms with Gasteiger partial charge in [-0.2, -0.15) is 5.10 Å². The molecule has 0 fully saturated rings. The number of anilines is 1. The second-order valence-corrected chi connectivity index (χ2v) is 3.54. The molecule has 1 aromatic heterocycles. The minimum absolute atomic E-state index is 0.337. The zero-order valence-corrected chi connectivity index (χ0v) is 8.85. The lowest BCUT2D eigenvalue weighted by atomic mass is 10.4. The molecule has 13 heavy (non-hydrogen) atoms. The first-order valence-electron chi connectivity index (χ1n) is 4.15. The predicted octanol–water partition coefficient (Wildman–Crippen LogP) is 1.11. The van der Waals surface area contributed by atoms with Gasteiger partial charge >= 0.3 is 0 Å². The van der Waals surface area contributed by atoms with Crippen LogP contribution in [0.2, 0.25) is 0 Å². The zero-order valence-electron chi connectivity index (χ0n) is 8.03. The maximum atomic E-state index is 5.05. The van der Waals surface area contributed by atoms with Gasteiger partial charge in [0.05, 0.1) is 0 Å². The summed E-state index contributed by atoms with van der Waals surface area (Å²) in [6, 6.07) is 2.21. The highest BCUT2D eigenvalue weighted by molar-refractivity contribution is 7.80. The van der Waals surface area contributed by atoms with Gasteiger partial charge in [-0.3, -0.25) is 4.68 Å².